The van der Waals surface area contributed by atoms with Gasteiger partial charge >= 0.3 is 0 Å². The van der Waals surface area contributed by atoms with Crippen LogP contribution in [0.2, 0.25) is 0 Å². The molecule has 0 spiro atoms. The van der Waals surface area contributed by atoms with E-state index in [0.717, 1.165) is 0 Å². The van der Waals surface area contributed by atoms with Crippen LogP contribution in [0.25, 0.3) is 11.7 Å². The number of nitrogens with zero attached hydrogens (tertiary/aromatic N) is 3. The highest BCUT2D eigenvalue weighted by Gasteiger charge is 2.32. The van der Waals surface area contributed by atoms with Crippen LogP contribution in [0.1, 0.15) is 24.7 Å². The Morgan fingerprint density at radius 1 is 1.00 bits per heavy atom. The van der Waals surface area contributed by atoms with Gasteiger partial charge in [0.2, 0.25) is 15.9 Å². The molecule has 1 fully saturated rings. The maximum atomic E-state index is 12.7. The van der Waals surface area contributed by atoms with Gasteiger partial charge in [-0.3, -0.25) is 0 Å². The van der Waals surface area contributed by atoms with E-state index in [-0.39, 0.29) is 5.92 Å². The Morgan fingerprint density at radius 3 is 2.44 bits per heavy atom. The van der Waals surface area contributed by atoms with Crippen LogP contribution in [0.4, 0.5) is 0 Å². The summed E-state index contributed by atoms with van der Waals surface area (Å²) in [7, 11) is -3.45. The van der Waals surface area contributed by atoms with Crippen molar-refractivity contribution in [3.05, 3.63) is 54.6 Å². The van der Waals surface area contributed by atoms with E-state index in [1.165, 1.54) is 4.31 Å². The van der Waals surface area contributed by atoms with Crippen LogP contribution < -0.4 is 0 Å². The van der Waals surface area contributed by atoms with Gasteiger partial charge in [0.1, 0.15) is 0 Å². The van der Waals surface area contributed by atoms with Gasteiger partial charge in [0.25, 0.3) is 5.89 Å². The second kappa shape index (κ2) is 6.45. The lowest BCUT2D eigenvalue weighted by atomic mass is 9.98. The zero-order chi connectivity index (χ0) is 17.3. The van der Waals surface area contributed by atoms with Gasteiger partial charge in [-0.25, -0.2) is 8.42 Å². The quantitative estimate of drug-likeness (QED) is 0.711. The first-order chi connectivity index (χ1) is 12.1. The third kappa shape index (κ3) is 3.10. The third-order valence-corrected chi connectivity index (χ3v) is 6.27. The summed E-state index contributed by atoms with van der Waals surface area (Å²) in [6, 6.07) is 12.0. The first-order valence-electron chi connectivity index (χ1n) is 8.07. The zero-order valence-electron chi connectivity index (χ0n) is 13.4. The van der Waals surface area contributed by atoms with Crippen LogP contribution in [0, 0.1) is 0 Å². The maximum Gasteiger partial charge on any atom is 0.283 e. The van der Waals surface area contributed by atoms with Crippen molar-refractivity contribution in [1.29, 1.82) is 0 Å². The molecule has 0 radical (unpaired) electrons. The Balaban J connectivity index is 1.45. The van der Waals surface area contributed by atoms with E-state index < -0.39 is 10.0 Å². The van der Waals surface area contributed by atoms with Crippen molar-refractivity contribution in [2.24, 2.45) is 0 Å². The van der Waals surface area contributed by atoms with Crippen molar-refractivity contribution in [2.75, 3.05) is 13.1 Å². The summed E-state index contributed by atoms with van der Waals surface area (Å²) in [5.41, 5.74) is 0. The first-order valence-corrected chi connectivity index (χ1v) is 9.51. The number of hydrogen-bond acceptors (Lipinski definition) is 6. The average Bonchev–Trinajstić information content (AvgIpc) is 3.34. The van der Waals surface area contributed by atoms with Crippen molar-refractivity contribution in [3.63, 3.8) is 0 Å². The fourth-order valence-corrected chi connectivity index (χ4v) is 4.47. The molecule has 7 nitrogen and oxygen atoms in total. The Kier molecular flexibility index (Phi) is 4.14. The summed E-state index contributed by atoms with van der Waals surface area (Å²) in [6.07, 6.45) is 2.84. The van der Waals surface area contributed by atoms with E-state index in [0.29, 0.717) is 48.4 Å². The molecule has 8 heteroatoms. The van der Waals surface area contributed by atoms with Gasteiger partial charge in [0.05, 0.1) is 11.2 Å². The lowest BCUT2D eigenvalue weighted by molar-refractivity contribution is 0.290. The molecular weight excluding hydrogens is 342 g/mol. The van der Waals surface area contributed by atoms with Crippen molar-refractivity contribution in [1.82, 2.24) is 14.5 Å². The largest absolute Gasteiger partial charge is 0.459 e. The van der Waals surface area contributed by atoms with Gasteiger partial charge in [-0.05, 0) is 37.1 Å². The van der Waals surface area contributed by atoms with E-state index in [1.807, 2.05) is 0 Å². The molecule has 25 heavy (non-hydrogen) atoms. The third-order valence-electron chi connectivity index (χ3n) is 4.36. The Hall–Kier alpha value is -2.45. The molecule has 0 saturated carbocycles. The van der Waals surface area contributed by atoms with Gasteiger partial charge in [0.15, 0.2) is 5.76 Å². The minimum Gasteiger partial charge on any atom is -0.459 e. The predicted octanol–water partition coefficient (Wildman–Crippen LogP) is 2.90. The lowest BCUT2D eigenvalue weighted by Gasteiger charge is -2.29. The van der Waals surface area contributed by atoms with Gasteiger partial charge in [0, 0.05) is 19.0 Å². The molecule has 1 aliphatic rings. The molecule has 0 amide bonds. The number of furan rings is 1. The summed E-state index contributed by atoms with van der Waals surface area (Å²) >= 11 is 0. The first kappa shape index (κ1) is 16.0. The number of hydrogen-bond donors (Lipinski definition) is 0. The summed E-state index contributed by atoms with van der Waals surface area (Å²) < 4.78 is 37.8. The topological polar surface area (TPSA) is 89.4 Å². The Morgan fingerprint density at radius 2 is 1.76 bits per heavy atom. The number of aromatic nitrogens is 2. The number of sulfonamides is 1. The standard InChI is InChI=1S/C17H17N3O4S/c21-25(22,14-5-2-1-3-6-14)20-10-8-13(9-11-20)16-18-19-17(24-16)15-7-4-12-23-15/h1-7,12-13H,8-11H2. The second-order valence-corrected chi connectivity index (χ2v) is 7.85. The minimum absolute atomic E-state index is 0.0541. The minimum atomic E-state index is -3.45. The number of rotatable bonds is 4. The molecule has 0 unspecified atom stereocenters. The molecular formula is C17H17N3O4S. The fraction of sp³-hybridized carbons (Fsp3) is 0.294. The molecule has 0 aliphatic carbocycles. The Bertz CT molecular complexity index is 927. The highest BCUT2D eigenvalue weighted by molar-refractivity contribution is 7.89. The van der Waals surface area contributed by atoms with E-state index in [9.17, 15) is 8.42 Å². The van der Waals surface area contributed by atoms with E-state index in [4.69, 9.17) is 8.83 Å². The van der Waals surface area contributed by atoms with Crippen molar-refractivity contribution >= 4 is 10.0 Å². The predicted molar refractivity (Wildman–Crippen MR) is 89.2 cm³/mol. The molecule has 0 atom stereocenters. The van der Waals surface area contributed by atoms with Crippen molar-refractivity contribution in [3.8, 4) is 11.7 Å². The van der Waals surface area contributed by atoms with Crippen LogP contribution in [0.15, 0.2) is 62.5 Å². The molecule has 2 aromatic heterocycles. The average molecular weight is 359 g/mol. The van der Waals surface area contributed by atoms with Gasteiger partial charge in [-0.1, -0.05) is 18.2 Å². The summed E-state index contributed by atoms with van der Waals surface area (Å²) in [4.78, 5) is 0.325. The second-order valence-electron chi connectivity index (χ2n) is 5.91. The zero-order valence-corrected chi connectivity index (χ0v) is 14.2. The smallest absolute Gasteiger partial charge is 0.283 e. The lowest BCUT2D eigenvalue weighted by Crippen LogP contribution is -2.37. The van der Waals surface area contributed by atoms with Crippen LogP contribution in [-0.4, -0.2) is 36.0 Å². The van der Waals surface area contributed by atoms with Gasteiger partial charge in [-0.2, -0.15) is 4.31 Å². The summed E-state index contributed by atoms with van der Waals surface area (Å²) in [6.45, 7) is 0.862. The van der Waals surface area contributed by atoms with Crippen LogP contribution in [0.5, 0.6) is 0 Å². The summed E-state index contributed by atoms with van der Waals surface area (Å²) in [5, 5.41) is 8.10. The summed E-state index contributed by atoms with van der Waals surface area (Å²) in [5.74, 6) is 1.46. The van der Waals surface area contributed by atoms with Crippen LogP contribution in [-0.2, 0) is 10.0 Å². The molecule has 1 aromatic carbocycles. The number of benzene rings is 1. The molecule has 1 saturated heterocycles. The normalized spacial score (nSPS) is 17.0. The molecule has 3 aromatic rings. The van der Waals surface area contributed by atoms with Crippen LogP contribution >= 0.6 is 0 Å². The molecule has 3 heterocycles. The Labute approximate surface area is 145 Å². The monoisotopic (exact) mass is 359 g/mol. The number of piperidine rings is 1. The van der Waals surface area contributed by atoms with Crippen molar-refractivity contribution < 1.29 is 17.3 Å². The van der Waals surface area contributed by atoms with Crippen LogP contribution in [0.3, 0.4) is 0 Å². The molecule has 130 valence electrons. The molecule has 1 aliphatic heterocycles. The van der Waals surface area contributed by atoms with Crippen molar-refractivity contribution in [2.45, 2.75) is 23.7 Å². The van der Waals surface area contributed by atoms with Gasteiger partial charge in [-0.15, -0.1) is 10.2 Å². The fourth-order valence-electron chi connectivity index (χ4n) is 2.98. The SMILES string of the molecule is O=S(=O)(c1ccccc1)N1CCC(c2nnc(-c3ccco3)o2)CC1. The van der Waals surface area contributed by atoms with E-state index >= 15 is 0 Å². The molecule has 0 N–H and O–H groups in total. The van der Waals surface area contributed by atoms with E-state index in [1.54, 1.807) is 48.7 Å². The molecule has 0 bridgehead atoms. The maximum absolute atomic E-state index is 12.7. The highest BCUT2D eigenvalue weighted by Crippen LogP contribution is 2.31. The van der Waals surface area contributed by atoms with Gasteiger partial charge < -0.3 is 8.83 Å². The van der Waals surface area contributed by atoms with E-state index in [2.05, 4.69) is 10.2 Å². The molecule has 4 rings (SSSR count). The highest BCUT2D eigenvalue weighted by atomic mass is 32.2.